The van der Waals surface area contributed by atoms with Gasteiger partial charge in [0, 0.05) is 22.6 Å². The molecule has 0 heterocycles. The number of sulfonamides is 1. The highest BCUT2D eigenvalue weighted by atomic mass is 35.5. The highest BCUT2D eigenvalue weighted by molar-refractivity contribution is 7.92. The highest BCUT2D eigenvalue weighted by Crippen LogP contribution is 2.30. The molecule has 136 valence electrons. The van der Waals surface area contributed by atoms with Crippen LogP contribution in [0.4, 0.5) is 10.1 Å². The number of halogens is 3. The summed E-state index contributed by atoms with van der Waals surface area (Å²) in [6, 6.07) is 9.46. The van der Waals surface area contributed by atoms with Crippen molar-refractivity contribution in [3.63, 3.8) is 0 Å². The minimum absolute atomic E-state index is 0.0251. The van der Waals surface area contributed by atoms with Crippen LogP contribution >= 0.6 is 23.2 Å². The predicted octanol–water partition coefficient (Wildman–Crippen LogP) is 4.46. The van der Waals surface area contributed by atoms with Crippen LogP contribution in [0.25, 0.3) is 0 Å². The molecule has 2 N–H and O–H groups in total. The fourth-order valence-electron chi connectivity index (χ4n) is 2.34. The molecule has 2 rings (SSSR count). The van der Waals surface area contributed by atoms with E-state index in [1.807, 2.05) is 6.92 Å². The molecule has 0 amide bonds. The lowest BCUT2D eigenvalue weighted by molar-refractivity contribution is 0.574. The molecule has 0 spiro atoms. The van der Waals surface area contributed by atoms with Gasteiger partial charge in [0.05, 0.1) is 10.6 Å². The number of benzene rings is 2. The normalized spacial score (nSPS) is 12.8. The van der Waals surface area contributed by atoms with Crippen LogP contribution in [0.15, 0.2) is 47.4 Å². The average Bonchev–Trinajstić information content (AvgIpc) is 2.54. The smallest absolute Gasteiger partial charge is 0.264 e. The zero-order valence-electron chi connectivity index (χ0n) is 13.6. The first kappa shape index (κ1) is 20.0. The molecule has 2 aromatic rings. The van der Waals surface area contributed by atoms with E-state index in [1.165, 1.54) is 36.4 Å². The lowest BCUT2D eigenvalue weighted by Gasteiger charge is -2.25. The summed E-state index contributed by atoms with van der Waals surface area (Å²) in [5.74, 6) is -0.664. The Morgan fingerprint density at radius 1 is 1.12 bits per heavy atom. The van der Waals surface area contributed by atoms with Crippen molar-refractivity contribution in [3.8, 4) is 0 Å². The van der Waals surface area contributed by atoms with Gasteiger partial charge in [-0.2, -0.15) is 0 Å². The van der Waals surface area contributed by atoms with E-state index in [9.17, 15) is 12.8 Å². The lowest BCUT2D eigenvalue weighted by Crippen LogP contribution is -2.33. The third kappa shape index (κ3) is 5.07. The van der Waals surface area contributed by atoms with Crippen LogP contribution < -0.4 is 10.0 Å². The maximum Gasteiger partial charge on any atom is 0.264 e. The van der Waals surface area contributed by atoms with Crippen LogP contribution in [0.5, 0.6) is 0 Å². The monoisotopic (exact) mass is 404 g/mol. The van der Waals surface area contributed by atoms with E-state index in [1.54, 1.807) is 0 Å². The van der Waals surface area contributed by atoms with Crippen molar-refractivity contribution in [1.82, 2.24) is 0 Å². The van der Waals surface area contributed by atoms with Gasteiger partial charge in [0.2, 0.25) is 0 Å². The zero-order chi connectivity index (χ0) is 18.6. The van der Waals surface area contributed by atoms with Gasteiger partial charge in [-0.05, 0) is 62.2 Å². The van der Waals surface area contributed by atoms with Crippen LogP contribution in [-0.4, -0.2) is 21.0 Å². The second-order valence-corrected chi connectivity index (χ2v) is 8.48. The minimum Gasteiger partial charge on any atom is -0.328 e. The van der Waals surface area contributed by atoms with Crippen LogP contribution in [0.2, 0.25) is 10.0 Å². The Morgan fingerprint density at radius 3 is 2.32 bits per heavy atom. The number of anilines is 1. The Labute approximate surface area is 157 Å². The molecule has 8 heteroatoms. The molecular formula is C17H19Cl2FN2O2S. The van der Waals surface area contributed by atoms with E-state index in [0.29, 0.717) is 17.9 Å². The molecule has 0 aliphatic carbocycles. The first-order valence-corrected chi connectivity index (χ1v) is 9.90. The van der Waals surface area contributed by atoms with E-state index < -0.39 is 15.8 Å². The molecule has 4 nitrogen and oxygen atoms in total. The van der Waals surface area contributed by atoms with E-state index >= 15 is 0 Å². The Balaban J connectivity index is 2.46. The van der Waals surface area contributed by atoms with Gasteiger partial charge in [0.25, 0.3) is 10.0 Å². The molecule has 0 aliphatic heterocycles. The molecule has 0 saturated heterocycles. The summed E-state index contributed by atoms with van der Waals surface area (Å²) < 4.78 is 41.4. The largest absolute Gasteiger partial charge is 0.328 e. The number of nitrogens with zero attached hydrogens (tertiary/aromatic N) is 1. The molecule has 0 radical (unpaired) electrons. The summed E-state index contributed by atoms with van der Waals surface area (Å²) in [5.41, 5.74) is 5.64. The Bertz CT molecular complexity index is 827. The van der Waals surface area contributed by atoms with E-state index in [4.69, 9.17) is 28.9 Å². The molecule has 2 aromatic carbocycles. The number of hydrogen-bond acceptors (Lipinski definition) is 3. The quantitative estimate of drug-likeness (QED) is 0.740. The third-order valence-electron chi connectivity index (χ3n) is 3.60. The average molecular weight is 405 g/mol. The van der Waals surface area contributed by atoms with Gasteiger partial charge < -0.3 is 5.73 Å². The van der Waals surface area contributed by atoms with Crippen LogP contribution in [0, 0.1) is 5.82 Å². The van der Waals surface area contributed by atoms with Gasteiger partial charge in [-0.25, -0.2) is 12.8 Å². The maximum atomic E-state index is 14.3. The Hall–Kier alpha value is -1.34. The predicted molar refractivity (Wildman–Crippen MR) is 100 cm³/mol. The fourth-order valence-corrected chi connectivity index (χ4v) is 4.13. The summed E-state index contributed by atoms with van der Waals surface area (Å²) in [7, 11) is -3.97. The standard InChI is InChI=1S/C17H19Cl2FN2O2S/c1-12(21)3-2-10-22(17-11-14(19)6-9-16(17)20)25(23,24)15-7-4-13(18)5-8-15/h4-9,11-12H,2-3,10,21H2,1H3/t12-/m1/s1. The van der Waals surface area contributed by atoms with Gasteiger partial charge in [-0.3, -0.25) is 4.31 Å². The van der Waals surface area contributed by atoms with Gasteiger partial charge in [0.1, 0.15) is 5.82 Å². The van der Waals surface area contributed by atoms with Crippen molar-refractivity contribution in [1.29, 1.82) is 0 Å². The van der Waals surface area contributed by atoms with Crippen LogP contribution in [0.1, 0.15) is 19.8 Å². The molecule has 25 heavy (non-hydrogen) atoms. The summed E-state index contributed by atoms with van der Waals surface area (Å²) in [6.45, 7) is 1.92. The second kappa shape index (κ2) is 8.36. The molecular weight excluding hydrogens is 386 g/mol. The summed E-state index contributed by atoms with van der Waals surface area (Å²) in [4.78, 5) is 0.0251. The molecule has 0 unspecified atom stereocenters. The fraction of sp³-hybridized carbons (Fsp3) is 0.294. The van der Waals surface area contributed by atoms with Crippen molar-refractivity contribution in [2.75, 3.05) is 10.8 Å². The molecule has 0 aliphatic rings. The number of rotatable bonds is 7. The first-order valence-electron chi connectivity index (χ1n) is 7.71. The topological polar surface area (TPSA) is 63.4 Å². The maximum absolute atomic E-state index is 14.3. The van der Waals surface area contributed by atoms with Gasteiger partial charge in [-0.15, -0.1) is 0 Å². The van der Waals surface area contributed by atoms with Gasteiger partial charge in [0.15, 0.2) is 0 Å². The van der Waals surface area contributed by atoms with E-state index in [2.05, 4.69) is 0 Å². The van der Waals surface area contributed by atoms with Crippen LogP contribution in [-0.2, 0) is 10.0 Å². The van der Waals surface area contributed by atoms with Gasteiger partial charge >= 0.3 is 0 Å². The number of hydrogen-bond donors (Lipinski definition) is 1. The van der Waals surface area contributed by atoms with Crippen molar-refractivity contribution in [2.24, 2.45) is 5.73 Å². The van der Waals surface area contributed by atoms with Crippen molar-refractivity contribution < 1.29 is 12.8 Å². The summed E-state index contributed by atoms with van der Waals surface area (Å²) in [5, 5.41) is 0.663. The van der Waals surface area contributed by atoms with Crippen molar-refractivity contribution >= 4 is 38.9 Å². The molecule has 0 saturated carbocycles. The molecule has 0 bridgehead atoms. The molecule has 1 atom stereocenters. The SMILES string of the molecule is C[C@@H](N)CCCN(c1cc(Cl)ccc1F)S(=O)(=O)c1ccc(Cl)cc1. The van der Waals surface area contributed by atoms with Crippen molar-refractivity contribution in [2.45, 2.75) is 30.7 Å². The second-order valence-electron chi connectivity index (χ2n) is 5.75. The molecule has 0 fully saturated rings. The van der Waals surface area contributed by atoms with Crippen molar-refractivity contribution in [3.05, 3.63) is 58.3 Å². The third-order valence-corrected chi connectivity index (χ3v) is 5.91. The Kier molecular flexibility index (Phi) is 6.68. The highest BCUT2D eigenvalue weighted by Gasteiger charge is 2.27. The first-order chi connectivity index (χ1) is 11.7. The Morgan fingerprint density at radius 2 is 1.72 bits per heavy atom. The van der Waals surface area contributed by atoms with E-state index in [-0.39, 0.29) is 28.2 Å². The molecule has 0 aromatic heterocycles. The summed E-state index contributed by atoms with van der Waals surface area (Å²) in [6.07, 6.45) is 1.09. The summed E-state index contributed by atoms with van der Waals surface area (Å²) >= 11 is 11.8. The number of nitrogens with two attached hydrogens (primary N) is 1. The van der Waals surface area contributed by atoms with Crippen LogP contribution in [0.3, 0.4) is 0 Å². The minimum atomic E-state index is -3.97. The van der Waals surface area contributed by atoms with E-state index in [0.717, 1.165) is 10.4 Å². The lowest BCUT2D eigenvalue weighted by atomic mass is 10.2. The zero-order valence-corrected chi connectivity index (χ0v) is 16.0. The van der Waals surface area contributed by atoms with Gasteiger partial charge in [-0.1, -0.05) is 23.2 Å².